The largest absolute Gasteiger partial charge is 0.497 e. The molecule has 0 saturated carbocycles. The highest BCUT2D eigenvalue weighted by atomic mass is 19.4. The van der Waals surface area contributed by atoms with Crippen LogP contribution in [0.3, 0.4) is 0 Å². The van der Waals surface area contributed by atoms with Crippen molar-refractivity contribution in [1.82, 2.24) is 19.9 Å². The molecule has 1 aliphatic rings. The first-order chi connectivity index (χ1) is 14.3. The highest BCUT2D eigenvalue weighted by Crippen LogP contribution is 2.28. The maximum atomic E-state index is 12.9. The number of amides is 1. The normalized spacial score (nSPS) is 17.2. The second kappa shape index (κ2) is 7.85. The van der Waals surface area contributed by atoms with Crippen LogP contribution in [0.2, 0.25) is 0 Å². The summed E-state index contributed by atoms with van der Waals surface area (Å²) in [4.78, 5) is 24.8. The molecule has 0 radical (unpaired) electrons. The SMILES string of the molecule is COc1ccc2cc(C(=O)N3CCCC(Oc4nccc(C(F)(F)F)n4)C3)[nH]c2c1. The maximum absolute atomic E-state index is 12.9. The molecule has 1 atom stereocenters. The molecule has 1 N–H and O–H groups in total. The number of carbonyl (C=O) groups is 1. The molecule has 4 rings (SSSR count). The molecule has 0 spiro atoms. The number of aromatic nitrogens is 3. The van der Waals surface area contributed by atoms with Crippen molar-refractivity contribution in [3.05, 3.63) is 47.9 Å². The number of ether oxygens (including phenoxy) is 2. The third-order valence-electron chi connectivity index (χ3n) is 4.92. The van der Waals surface area contributed by atoms with Gasteiger partial charge in [-0.3, -0.25) is 4.79 Å². The van der Waals surface area contributed by atoms with Crippen LogP contribution in [0.4, 0.5) is 13.2 Å². The van der Waals surface area contributed by atoms with Gasteiger partial charge in [0, 0.05) is 29.7 Å². The number of methoxy groups -OCH3 is 1. The number of nitrogens with zero attached hydrogens (tertiary/aromatic N) is 3. The van der Waals surface area contributed by atoms with Crippen molar-refractivity contribution in [2.75, 3.05) is 20.2 Å². The monoisotopic (exact) mass is 420 g/mol. The predicted octanol–water partition coefficient (Wildman–Crippen LogP) is 3.67. The molecule has 1 aromatic carbocycles. The Kier molecular flexibility index (Phi) is 5.23. The molecule has 1 unspecified atom stereocenters. The molecule has 0 aliphatic carbocycles. The van der Waals surface area contributed by atoms with Crippen molar-refractivity contribution in [3.63, 3.8) is 0 Å². The van der Waals surface area contributed by atoms with E-state index >= 15 is 0 Å². The first kappa shape index (κ1) is 20.0. The molecule has 1 saturated heterocycles. The van der Waals surface area contributed by atoms with E-state index in [0.29, 0.717) is 30.8 Å². The molecule has 1 aliphatic heterocycles. The lowest BCUT2D eigenvalue weighted by atomic mass is 10.1. The quantitative estimate of drug-likeness (QED) is 0.697. The lowest BCUT2D eigenvalue weighted by Gasteiger charge is -2.32. The van der Waals surface area contributed by atoms with E-state index in [2.05, 4.69) is 15.0 Å². The summed E-state index contributed by atoms with van der Waals surface area (Å²) in [7, 11) is 1.57. The minimum absolute atomic E-state index is 0.205. The van der Waals surface area contributed by atoms with Gasteiger partial charge in [0.25, 0.3) is 5.91 Å². The Morgan fingerprint density at radius 3 is 2.87 bits per heavy atom. The van der Waals surface area contributed by atoms with Gasteiger partial charge in [-0.15, -0.1) is 0 Å². The van der Waals surface area contributed by atoms with Gasteiger partial charge in [-0.1, -0.05) is 0 Å². The summed E-state index contributed by atoms with van der Waals surface area (Å²) in [5.41, 5.74) is 0.138. The minimum Gasteiger partial charge on any atom is -0.497 e. The zero-order valence-corrected chi connectivity index (χ0v) is 16.1. The zero-order chi connectivity index (χ0) is 21.3. The van der Waals surface area contributed by atoms with Gasteiger partial charge >= 0.3 is 12.2 Å². The van der Waals surface area contributed by atoms with E-state index in [-0.39, 0.29) is 18.5 Å². The second-order valence-electron chi connectivity index (χ2n) is 6.99. The number of piperidine rings is 1. The van der Waals surface area contributed by atoms with Gasteiger partial charge < -0.3 is 19.4 Å². The number of alkyl halides is 3. The van der Waals surface area contributed by atoms with E-state index in [1.54, 1.807) is 24.1 Å². The van der Waals surface area contributed by atoms with E-state index in [1.165, 1.54) is 0 Å². The molecular weight excluding hydrogens is 401 g/mol. The average molecular weight is 420 g/mol. The van der Waals surface area contributed by atoms with Crippen LogP contribution in [-0.2, 0) is 6.18 Å². The van der Waals surface area contributed by atoms with Gasteiger partial charge in [0.1, 0.15) is 17.5 Å². The fraction of sp³-hybridized carbons (Fsp3) is 0.350. The van der Waals surface area contributed by atoms with E-state index in [0.717, 1.165) is 23.2 Å². The maximum Gasteiger partial charge on any atom is 0.433 e. The van der Waals surface area contributed by atoms with Gasteiger partial charge in [0.05, 0.1) is 13.7 Å². The predicted molar refractivity (Wildman–Crippen MR) is 101 cm³/mol. The summed E-state index contributed by atoms with van der Waals surface area (Å²) >= 11 is 0. The van der Waals surface area contributed by atoms with Gasteiger partial charge in [0.2, 0.25) is 0 Å². The summed E-state index contributed by atoms with van der Waals surface area (Å²) in [5.74, 6) is 0.472. The number of H-pyrrole nitrogens is 1. The molecule has 30 heavy (non-hydrogen) atoms. The third-order valence-corrected chi connectivity index (χ3v) is 4.92. The molecular formula is C20H19F3N4O3. The Morgan fingerprint density at radius 1 is 1.27 bits per heavy atom. The lowest BCUT2D eigenvalue weighted by Crippen LogP contribution is -2.44. The van der Waals surface area contributed by atoms with Crippen molar-refractivity contribution < 1.29 is 27.4 Å². The highest BCUT2D eigenvalue weighted by Gasteiger charge is 2.33. The Labute approximate surface area is 169 Å². The standard InChI is InChI=1S/C20H19F3N4O3/c1-29-13-5-4-12-9-16(25-15(12)10-13)18(28)27-8-2-3-14(11-27)30-19-24-7-6-17(26-19)20(21,22)23/h4-7,9-10,14,25H,2-3,8,11H2,1H3. The Hall–Kier alpha value is -3.30. The van der Waals surface area contributed by atoms with Crippen LogP contribution >= 0.6 is 0 Å². The van der Waals surface area contributed by atoms with Crippen LogP contribution in [0, 0.1) is 0 Å². The molecule has 1 fully saturated rings. The van der Waals surface area contributed by atoms with Gasteiger partial charge in [-0.05, 0) is 37.1 Å². The number of fused-ring (bicyclic) bond motifs is 1. The summed E-state index contributed by atoms with van der Waals surface area (Å²) in [6.07, 6.45) is -2.81. The Balaban J connectivity index is 1.47. The zero-order valence-electron chi connectivity index (χ0n) is 16.1. The van der Waals surface area contributed by atoms with Crippen LogP contribution in [0.1, 0.15) is 29.0 Å². The smallest absolute Gasteiger partial charge is 0.433 e. The van der Waals surface area contributed by atoms with E-state index in [9.17, 15) is 18.0 Å². The van der Waals surface area contributed by atoms with Crippen LogP contribution < -0.4 is 9.47 Å². The number of rotatable bonds is 4. The topological polar surface area (TPSA) is 80.3 Å². The number of nitrogens with one attached hydrogen (secondary N) is 1. The molecule has 158 valence electrons. The first-order valence-corrected chi connectivity index (χ1v) is 9.36. The van der Waals surface area contributed by atoms with Crippen LogP contribution in [0.25, 0.3) is 10.9 Å². The average Bonchev–Trinajstić information content (AvgIpc) is 3.16. The Morgan fingerprint density at radius 2 is 2.10 bits per heavy atom. The van der Waals surface area contributed by atoms with Crippen molar-refractivity contribution >= 4 is 16.8 Å². The van der Waals surface area contributed by atoms with Gasteiger partial charge in [0.15, 0.2) is 5.69 Å². The van der Waals surface area contributed by atoms with Crippen molar-refractivity contribution in [2.24, 2.45) is 0 Å². The fourth-order valence-corrected chi connectivity index (χ4v) is 3.44. The Bertz CT molecular complexity index is 1070. The molecule has 10 heteroatoms. The number of hydrogen-bond donors (Lipinski definition) is 1. The summed E-state index contributed by atoms with van der Waals surface area (Å²) in [6.45, 7) is 0.762. The van der Waals surface area contributed by atoms with E-state index in [4.69, 9.17) is 9.47 Å². The number of likely N-dealkylation sites (tertiary alicyclic amines) is 1. The molecule has 3 aromatic rings. The third kappa shape index (κ3) is 4.17. The van der Waals surface area contributed by atoms with Crippen LogP contribution in [0.15, 0.2) is 36.5 Å². The molecule has 1 amide bonds. The molecule has 7 nitrogen and oxygen atoms in total. The number of aromatic amines is 1. The molecule has 0 bridgehead atoms. The summed E-state index contributed by atoms with van der Waals surface area (Å²) < 4.78 is 49.2. The van der Waals surface area contributed by atoms with Gasteiger partial charge in [-0.25, -0.2) is 4.98 Å². The van der Waals surface area contributed by atoms with Crippen molar-refractivity contribution in [3.8, 4) is 11.8 Å². The van der Waals surface area contributed by atoms with Crippen molar-refractivity contribution in [2.45, 2.75) is 25.1 Å². The fourth-order valence-electron chi connectivity index (χ4n) is 3.44. The van der Waals surface area contributed by atoms with Crippen molar-refractivity contribution in [1.29, 1.82) is 0 Å². The second-order valence-corrected chi connectivity index (χ2v) is 6.99. The van der Waals surface area contributed by atoms with Crippen LogP contribution in [-0.4, -0.2) is 52.1 Å². The first-order valence-electron chi connectivity index (χ1n) is 9.36. The minimum atomic E-state index is -4.58. The van der Waals surface area contributed by atoms with E-state index in [1.807, 2.05) is 12.1 Å². The highest BCUT2D eigenvalue weighted by molar-refractivity contribution is 5.98. The number of benzene rings is 1. The molecule has 3 heterocycles. The molecule has 2 aromatic heterocycles. The summed E-state index contributed by atoms with van der Waals surface area (Å²) in [5, 5.41) is 0.876. The lowest BCUT2D eigenvalue weighted by molar-refractivity contribution is -0.141. The summed E-state index contributed by atoms with van der Waals surface area (Å²) in [6, 6.07) is 7.67. The number of carbonyl (C=O) groups excluding carboxylic acids is 1. The number of halogens is 3. The van der Waals surface area contributed by atoms with E-state index < -0.39 is 18.0 Å². The number of hydrogen-bond acceptors (Lipinski definition) is 5. The van der Waals surface area contributed by atoms with Gasteiger partial charge in [-0.2, -0.15) is 18.2 Å². The van der Waals surface area contributed by atoms with Crippen LogP contribution in [0.5, 0.6) is 11.8 Å².